The minimum Gasteiger partial charge on any atom is -0.363 e. The average molecular weight is 360 g/mol. The summed E-state index contributed by atoms with van der Waals surface area (Å²) in [5, 5.41) is 4.43. The van der Waals surface area contributed by atoms with E-state index in [1.807, 2.05) is 7.05 Å². The van der Waals surface area contributed by atoms with Gasteiger partial charge in [0.05, 0.1) is 11.4 Å². The highest BCUT2D eigenvalue weighted by Gasteiger charge is 2.20. The van der Waals surface area contributed by atoms with Crippen molar-refractivity contribution in [2.45, 2.75) is 39.5 Å². The smallest absolute Gasteiger partial charge is 0.286 e. The number of anilines is 1. The molecule has 2 aromatic heterocycles. The van der Waals surface area contributed by atoms with E-state index >= 15 is 0 Å². The molecule has 3 heterocycles. The van der Waals surface area contributed by atoms with Crippen LogP contribution >= 0.6 is 0 Å². The first-order valence-corrected chi connectivity index (χ1v) is 8.67. The lowest BCUT2D eigenvalue weighted by Crippen LogP contribution is -2.29. The molecule has 0 bridgehead atoms. The SMILES string of the molecule is Cc1nc(C(N)=O)n(NC(=O)CCc2nc(N3CCCC3)nn2C)c1C. The number of carbonyl (C=O) groups excluding carboxylic acids is 2. The number of aromatic nitrogens is 5. The van der Waals surface area contributed by atoms with Crippen molar-refractivity contribution >= 4 is 17.8 Å². The molecule has 0 radical (unpaired) electrons. The maximum Gasteiger partial charge on any atom is 0.286 e. The van der Waals surface area contributed by atoms with E-state index in [9.17, 15) is 9.59 Å². The molecule has 2 aromatic rings. The zero-order chi connectivity index (χ0) is 18.8. The van der Waals surface area contributed by atoms with Crippen LogP contribution in [0.3, 0.4) is 0 Å². The van der Waals surface area contributed by atoms with E-state index in [2.05, 4.69) is 25.4 Å². The molecule has 1 fully saturated rings. The third-order valence-electron chi connectivity index (χ3n) is 4.61. The molecular formula is C16H24N8O2. The van der Waals surface area contributed by atoms with Crippen molar-refractivity contribution in [2.24, 2.45) is 12.8 Å². The number of nitrogens with two attached hydrogens (primary N) is 1. The lowest BCUT2D eigenvalue weighted by Gasteiger charge is -2.11. The van der Waals surface area contributed by atoms with E-state index in [0.29, 0.717) is 17.8 Å². The molecule has 0 atom stereocenters. The summed E-state index contributed by atoms with van der Waals surface area (Å²) >= 11 is 0. The number of carbonyl (C=O) groups is 2. The summed E-state index contributed by atoms with van der Waals surface area (Å²) in [5.41, 5.74) is 9.31. The molecule has 0 unspecified atom stereocenters. The molecule has 0 aliphatic carbocycles. The van der Waals surface area contributed by atoms with E-state index in [1.54, 1.807) is 18.5 Å². The van der Waals surface area contributed by atoms with E-state index in [-0.39, 0.29) is 18.2 Å². The molecule has 0 aromatic carbocycles. The Labute approximate surface area is 151 Å². The minimum absolute atomic E-state index is 0.0170. The molecule has 0 spiro atoms. The summed E-state index contributed by atoms with van der Waals surface area (Å²) in [7, 11) is 1.83. The zero-order valence-corrected chi connectivity index (χ0v) is 15.3. The molecular weight excluding hydrogens is 336 g/mol. The van der Waals surface area contributed by atoms with Crippen molar-refractivity contribution in [3.63, 3.8) is 0 Å². The second-order valence-electron chi connectivity index (χ2n) is 6.49. The predicted octanol–water partition coefficient (Wildman–Crippen LogP) is 0.0304. The van der Waals surface area contributed by atoms with Gasteiger partial charge in [-0.25, -0.2) is 9.66 Å². The van der Waals surface area contributed by atoms with Crippen LogP contribution < -0.4 is 16.1 Å². The van der Waals surface area contributed by atoms with Gasteiger partial charge in [-0.1, -0.05) is 0 Å². The molecule has 1 aliphatic rings. The number of primary amides is 1. The fourth-order valence-electron chi connectivity index (χ4n) is 2.99. The van der Waals surface area contributed by atoms with Crippen LogP contribution in [-0.4, -0.2) is 49.3 Å². The second-order valence-corrected chi connectivity index (χ2v) is 6.49. The number of nitrogens with zero attached hydrogens (tertiary/aromatic N) is 6. The van der Waals surface area contributed by atoms with Gasteiger partial charge in [0, 0.05) is 33.0 Å². The predicted molar refractivity (Wildman–Crippen MR) is 95.4 cm³/mol. The van der Waals surface area contributed by atoms with Crippen molar-refractivity contribution in [1.29, 1.82) is 0 Å². The Hall–Kier alpha value is -2.91. The fraction of sp³-hybridized carbons (Fsp3) is 0.562. The Bertz CT molecular complexity index is 832. The van der Waals surface area contributed by atoms with Gasteiger partial charge in [0.2, 0.25) is 17.7 Å². The zero-order valence-electron chi connectivity index (χ0n) is 15.3. The standard InChI is InChI=1S/C16H24N8O2/c1-10-11(2)24(15(18-10)14(17)26)20-13(25)7-6-12-19-16(21-22(12)3)23-8-4-5-9-23/h4-9H2,1-3H3,(H2,17,26)(H,20,25). The summed E-state index contributed by atoms with van der Waals surface area (Å²) in [6.45, 7) is 5.46. The minimum atomic E-state index is -0.690. The van der Waals surface area contributed by atoms with Crippen LogP contribution in [0.2, 0.25) is 0 Å². The first kappa shape index (κ1) is 17.9. The van der Waals surface area contributed by atoms with E-state index < -0.39 is 5.91 Å². The molecule has 1 saturated heterocycles. The van der Waals surface area contributed by atoms with Crippen molar-refractivity contribution in [1.82, 2.24) is 24.4 Å². The quantitative estimate of drug-likeness (QED) is 0.749. The number of nitrogens with one attached hydrogen (secondary N) is 1. The molecule has 3 rings (SSSR count). The Balaban J connectivity index is 1.64. The van der Waals surface area contributed by atoms with Crippen LogP contribution in [0.1, 0.15) is 47.1 Å². The van der Waals surface area contributed by atoms with Crippen molar-refractivity contribution < 1.29 is 9.59 Å². The van der Waals surface area contributed by atoms with Gasteiger partial charge in [-0.2, -0.15) is 4.98 Å². The molecule has 3 N–H and O–H groups in total. The third kappa shape index (κ3) is 3.53. The molecule has 10 nitrogen and oxygen atoms in total. The highest BCUT2D eigenvalue weighted by molar-refractivity contribution is 5.91. The van der Waals surface area contributed by atoms with Gasteiger partial charge in [0.1, 0.15) is 5.82 Å². The van der Waals surface area contributed by atoms with Crippen LogP contribution in [-0.2, 0) is 18.3 Å². The molecule has 10 heteroatoms. The van der Waals surface area contributed by atoms with Crippen LogP contribution in [0.4, 0.5) is 5.95 Å². The Morgan fingerprint density at radius 2 is 1.88 bits per heavy atom. The lowest BCUT2D eigenvalue weighted by molar-refractivity contribution is -0.117. The van der Waals surface area contributed by atoms with Crippen LogP contribution in [0, 0.1) is 13.8 Å². The lowest BCUT2D eigenvalue weighted by atomic mass is 10.3. The fourth-order valence-corrected chi connectivity index (χ4v) is 2.99. The monoisotopic (exact) mass is 360 g/mol. The Kier molecular flexibility index (Phi) is 4.92. The number of rotatable bonds is 6. The van der Waals surface area contributed by atoms with Gasteiger partial charge >= 0.3 is 0 Å². The third-order valence-corrected chi connectivity index (χ3v) is 4.61. The Morgan fingerprint density at radius 1 is 1.19 bits per heavy atom. The van der Waals surface area contributed by atoms with Gasteiger partial charge in [-0.15, -0.1) is 5.10 Å². The van der Waals surface area contributed by atoms with Gasteiger partial charge in [-0.05, 0) is 26.7 Å². The number of aryl methyl sites for hydroxylation is 3. The summed E-state index contributed by atoms with van der Waals surface area (Å²) in [6, 6.07) is 0. The number of hydrogen-bond acceptors (Lipinski definition) is 6. The normalized spacial score (nSPS) is 14.0. The van der Waals surface area contributed by atoms with Crippen molar-refractivity contribution in [3.05, 3.63) is 23.0 Å². The maximum atomic E-state index is 12.3. The summed E-state index contributed by atoms with van der Waals surface area (Å²) < 4.78 is 3.05. The van der Waals surface area contributed by atoms with E-state index in [1.165, 1.54) is 4.68 Å². The number of hydrogen-bond donors (Lipinski definition) is 2. The van der Waals surface area contributed by atoms with Crippen LogP contribution in [0.25, 0.3) is 0 Å². The highest BCUT2D eigenvalue weighted by atomic mass is 16.2. The van der Waals surface area contributed by atoms with Gasteiger partial charge in [-0.3, -0.25) is 19.7 Å². The summed E-state index contributed by atoms with van der Waals surface area (Å²) in [6.07, 6.45) is 2.96. The number of imidazole rings is 1. The molecule has 1 aliphatic heterocycles. The van der Waals surface area contributed by atoms with E-state index in [4.69, 9.17) is 5.73 Å². The first-order chi connectivity index (χ1) is 12.4. The maximum absolute atomic E-state index is 12.3. The molecule has 140 valence electrons. The van der Waals surface area contributed by atoms with Gasteiger partial charge < -0.3 is 10.6 Å². The topological polar surface area (TPSA) is 124 Å². The summed E-state index contributed by atoms with van der Waals surface area (Å²) in [5.74, 6) is 0.542. The highest BCUT2D eigenvalue weighted by Crippen LogP contribution is 2.16. The Morgan fingerprint density at radius 3 is 2.54 bits per heavy atom. The van der Waals surface area contributed by atoms with Crippen LogP contribution in [0.5, 0.6) is 0 Å². The molecule has 2 amide bonds. The van der Waals surface area contributed by atoms with Gasteiger partial charge in [0.25, 0.3) is 5.91 Å². The average Bonchev–Trinajstić information content (AvgIpc) is 3.29. The van der Waals surface area contributed by atoms with Gasteiger partial charge in [0.15, 0.2) is 0 Å². The molecule has 26 heavy (non-hydrogen) atoms. The first-order valence-electron chi connectivity index (χ1n) is 8.67. The van der Waals surface area contributed by atoms with E-state index in [0.717, 1.165) is 37.7 Å². The summed E-state index contributed by atoms with van der Waals surface area (Å²) in [4.78, 5) is 34.6. The number of amides is 2. The van der Waals surface area contributed by atoms with Crippen molar-refractivity contribution in [2.75, 3.05) is 23.4 Å². The van der Waals surface area contributed by atoms with Crippen molar-refractivity contribution in [3.8, 4) is 0 Å². The second kappa shape index (κ2) is 7.14. The largest absolute Gasteiger partial charge is 0.363 e. The van der Waals surface area contributed by atoms with Crippen LogP contribution in [0.15, 0.2) is 0 Å². The molecule has 0 saturated carbocycles.